The molecule has 0 saturated carbocycles. The highest BCUT2D eigenvalue weighted by Crippen LogP contribution is 2.37. The van der Waals surface area contributed by atoms with Gasteiger partial charge in [0, 0.05) is 31.2 Å². The molecule has 1 heterocycles. The molecule has 0 radical (unpaired) electrons. The Bertz CT molecular complexity index is 641. The minimum Gasteiger partial charge on any atom is -0.301 e. The van der Waals surface area contributed by atoms with Gasteiger partial charge in [0.15, 0.2) is 0 Å². The van der Waals surface area contributed by atoms with Crippen molar-refractivity contribution >= 4 is 21.6 Å². The van der Waals surface area contributed by atoms with Gasteiger partial charge in [-0.05, 0) is 24.7 Å². The number of piperazine rings is 1. The van der Waals surface area contributed by atoms with Crippen LogP contribution in [0.5, 0.6) is 0 Å². The maximum Gasteiger partial charge on any atom is 0.417 e. The average Bonchev–Trinajstić information content (AvgIpc) is 2.46. The second-order valence-electron chi connectivity index (χ2n) is 4.98. The number of benzene rings is 1. The minimum absolute atomic E-state index is 0.151. The molecule has 0 amide bonds. The Morgan fingerprint density at radius 2 is 1.77 bits per heavy atom. The first-order valence-electron chi connectivity index (χ1n) is 6.75. The highest BCUT2D eigenvalue weighted by atomic mass is 35.5. The molecule has 2 rings (SSSR count). The van der Waals surface area contributed by atoms with Gasteiger partial charge in [0.2, 0.25) is 10.0 Å². The topological polar surface area (TPSA) is 40.6 Å². The molecule has 1 aliphatic rings. The highest BCUT2D eigenvalue weighted by Gasteiger charge is 2.39. The van der Waals surface area contributed by atoms with Crippen molar-refractivity contribution in [1.82, 2.24) is 9.21 Å². The van der Waals surface area contributed by atoms with Crippen molar-refractivity contribution in [2.24, 2.45) is 0 Å². The van der Waals surface area contributed by atoms with Gasteiger partial charge in [-0.25, -0.2) is 8.42 Å². The smallest absolute Gasteiger partial charge is 0.301 e. The lowest BCUT2D eigenvalue weighted by Gasteiger charge is -2.33. The first kappa shape index (κ1) is 17.5. The molecule has 22 heavy (non-hydrogen) atoms. The van der Waals surface area contributed by atoms with Crippen LogP contribution in [0.1, 0.15) is 12.5 Å². The Labute approximate surface area is 132 Å². The summed E-state index contributed by atoms with van der Waals surface area (Å²) < 4.78 is 65.4. The molecule has 0 atom stereocenters. The van der Waals surface area contributed by atoms with E-state index < -0.39 is 26.7 Å². The van der Waals surface area contributed by atoms with E-state index in [1.807, 2.05) is 11.8 Å². The van der Waals surface area contributed by atoms with Crippen LogP contribution in [-0.2, 0) is 16.2 Å². The number of rotatable bonds is 3. The summed E-state index contributed by atoms with van der Waals surface area (Å²) in [7, 11) is -4.20. The molecule has 0 aromatic heterocycles. The van der Waals surface area contributed by atoms with E-state index >= 15 is 0 Å². The van der Waals surface area contributed by atoms with Crippen LogP contribution < -0.4 is 0 Å². The Morgan fingerprint density at radius 3 is 2.27 bits per heavy atom. The third kappa shape index (κ3) is 3.56. The van der Waals surface area contributed by atoms with Crippen molar-refractivity contribution in [3.8, 4) is 0 Å². The third-order valence-corrected chi connectivity index (χ3v) is 5.84. The third-order valence-electron chi connectivity index (χ3n) is 3.64. The van der Waals surface area contributed by atoms with E-state index in [2.05, 4.69) is 0 Å². The average molecular weight is 357 g/mol. The molecule has 0 aliphatic carbocycles. The van der Waals surface area contributed by atoms with Crippen LogP contribution in [0.2, 0.25) is 5.02 Å². The van der Waals surface area contributed by atoms with Crippen molar-refractivity contribution in [1.29, 1.82) is 0 Å². The lowest BCUT2D eigenvalue weighted by Crippen LogP contribution is -2.48. The summed E-state index contributed by atoms with van der Waals surface area (Å²) >= 11 is 5.58. The number of hydrogen-bond acceptors (Lipinski definition) is 3. The molecule has 0 N–H and O–H groups in total. The first-order valence-corrected chi connectivity index (χ1v) is 8.57. The van der Waals surface area contributed by atoms with E-state index in [1.165, 1.54) is 0 Å². The Balaban J connectivity index is 2.38. The summed E-state index contributed by atoms with van der Waals surface area (Å²) in [6, 6.07) is 2.73. The molecule has 0 bridgehead atoms. The minimum atomic E-state index is -4.78. The van der Waals surface area contributed by atoms with E-state index in [4.69, 9.17) is 11.6 Å². The SMILES string of the molecule is CCN1CCN(S(=O)(=O)c2ccc(Cl)cc2C(F)(F)F)CC1. The summed E-state index contributed by atoms with van der Waals surface area (Å²) in [4.78, 5) is 1.30. The fourth-order valence-corrected chi connectivity index (χ4v) is 4.16. The van der Waals surface area contributed by atoms with E-state index in [0.29, 0.717) is 19.2 Å². The van der Waals surface area contributed by atoms with Gasteiger partial charge >= 0.3 is 6.18 Å². The summed E-state index contributed by atoms with van der Waals surface area (Å²) in [5, 5.41) is -0.151. The first-order chi connectivity index (χ1) is 10.2. The molecule has 1 fully saturated rings. The zero-order valence-electron chi connectivity index (χ0n) is 11.9. The second kappa shape index (κ2) is 6.35. The Morgan fingerprint density at radius 1 is 1.18 bits per heavy atom. The molecule has 124 valence electrons. The number of nitrogens with zero attached hydrogens (tertiary/aromatic N) is 2. The van der Waals surface area contributed by atoms with Crippen LogP contribution in [0.15, 0.2) is 23.1 Å². The van der Waals surface area contributed by atoms with Crippen LogP contribution in [0, 0.1) is 0 Å². The monoisotopic (exact) mass is 356 g/mol. The quantitative estimate of drug-likeness (QED) is 0.836. The molecular formula is C13H16ClF3N2O2S. The van der Waals surface area contributed by atoms with Crippen LogP contribution in [0.4, 0.5) is 13.2 Å². The Hall–Kier alpha value is -0.830. The molecule has 0 spiro atoms. The molecule has 4 nitrogen and oxygen atoms in total. The van der Waals surface area contributed by atoms with Crippen molar-refractivity contribution in [2.75, 3.05) is 32.7 Å². The van der Waals surface area contributed by atoms with Gasteiger partial charge in [0.05, 0.1) is 10.5 Å². The molecular weight excluding hydrogens is 341 g/mol. The largest absolute Gasteiger partial charge is 0.417 e. The standard InChI is InChI=1S/C13H16ClF3N2O2S/c1-2-18-5-7-19(8-6-18)22(20,21)12-4-3-10(14)9-11(12)13(15,16)17/h3-4,9H,2,5-8H2,1H3. The number of halogens is 4. The summed E-state index contributed by atoms with van der Waals surface area (Å²) in [6.07, 6.45) is -4.78. The predicted molar refractivity (Wildman–Crippen MR) is 77.3 cm³/mol. The van der Waals surface area contributed by atoms with Crippen molar-refractivity contribution in [2.45, 2.75) is 18.0 Å². The molecule has 9 heteroatoms. The summed E-state index contributed by atoms with van der Waals surface area (Å²) in [6.45, 7) is 4.09. The van der Waals surface area contributed by atoms with Gasteiger partial charge in [-0.3, -0.25) is 0 Å². The van der Waals surface area contributed by atoms with E-state index in [1.54, 1.807) is 0 Å². The van der Waals surface area contributed by atoms with Crippen LogP contribution in [0.3, 0.4) is 0 Å². The molecule has 1 aliphatic heterocycles. The van der Waals surface area contributed by atoms with E-state index in [9.17, 15) is 21.6 Å². The van der Waals surface area contributed by atoms with Gasteiger partial charge in [-0.1, -0.05) is 18.5 Å². The second-order valence-corrected chi connectivity index (χ2v) is 7.32. The number of alkyl halides is 3. The highest BCUT2D eigenvalue weighted by molar-refractivity contribution is 7.89. The fraction of sp³-hybridized carbons (Fsp3) is 0.538. The number of sulfonamides is 1. The number of likely N-dealkylation sites (N-methyl/N-ethyl adjacent to an activating group) is 1. The lowest BCUT2D eigenvalue weighted by molar-refractivity contribution is -0.139. The summed E-state index contributed by atoms with van der Waals surface area (Å²) in [5.74, 6) is 0. The zero-order chi connectivity index (χ0) is 16.5. The fourth-order valence-electron chi connectivity index (χ4n) is 2.37. The van der Waals surface area contributed by atoms with Crippen molar-refractivity contribution in [3.05, 3.63) is 28.8 Å². The summed E-state index contributed by atoms with van der Waals surface area (Å²) in [5.41, 5.74) is -1.22. The maximum atomic E-state index is 13.1. The predicted octanol–water partition coefficient (Wildman–Crippen LogP) is 2.69. The molecule has 1 aromatic rings. The van der Waals surface area contributed by atoms with Gasteiger partial charge in [-0.15, -0.1) is 0 Å². The van der Waals surface area contributed by atoms with Crippen molar-refractivity contribution in [3.63, 3.8) is 0 Å². The Kier molecular flexibility index (Phi) is 5.06. The number of hydrogen-bond donors (Lipinski definition) is 0. The molecule has 1 aromatic carbocycles. The van der Waals surface area contributed by atoms with Crippen LogP contribution in [0.25, 0.3) is 0 Å². The van der Waals surface area contributed by atoms with E-state index in [-0.39, 0.29) is 18.1 Å². The molecule has 0 unspecified atom stereocenters. The van der Waals surface area contributed by atoms with Gasteiger partial charge in [0.1, 0.15) is 0 Å². The zero-order valence-corrected chi connectivity index (χ0v) is 13.5. The maximum absolute atomic E-state index is 13.1. The van der Waals surface area contributed by atoms with Gasteiger partial charge in [0.25, 0.3) is 0 Å². The van der Waals surface area contributed by atoms with Gasteiger partial charge < -0.3 is 4.90 Å². The van der Waals surface area contributed by atoms with Gasteiger partial charge in [-0.2, -0.15) is 17.5 Å². The molecule has 1 saturated heterocycles. The van der Waals surface area contributed by atoms with Crippen molar-refractivity contribution < 1.29 is 21.6 Å². The van der Waals surface area contributed by atoms with E-state index in [0.717, 1.165) is 23.0 Å². The lowest BCUT2D eigenvalue weighted by atomic mass is 10.2. The normalized spacial score (nSPS) is 18.6. The van der Waals surface area contributed by atoms with Crippen LogP contribution >= 0.6 is 11.6 Å². The van der Waals surface area contributed by atoms with Crippen LogP contribution in [-0.4, -0.2) is 50.3 Å².